The topological polar surface area (TPSA) is 32.3 Å². The molecule has 0 heterocycles. The number of phenolic OH excluding ortho intramolecular Hbond substituents is 1. The summed E-state index contributed by atoms with van der Waals surface area (Å²) >= 11 is 0. The minimum Gasteiger partial charge on any atom is -0.508 e. The molecule has 0 unspecified atom stereocenters. The second-order valence-electron chi connectivity index (χ2n) is 3.65. The molecule has 2 N–H and O–H groups in total. The highest BCUT2D eigenvalue weighted by Crippen LogP contribution is 2.14. The molecule has 0 saturated heterocycles. The van der Waals surface area contributed by atoms with E-state index >= 15 is 0 Å². The summed E-state index contributed by atoms with van der Waals surface area (Å²) in [5.74, 6) is 1.02. The molecule has 80 valence electrons. The summed E-state index contributed by atoms with van der Waals surface area (Å²) in [4.78, 5) is 0. The first-order valence-electron chi connectivity index (χ1n) is 4.67. The van der Waals surface area contributed by atoms with Gasteiger partial charge in [0.05, 0.1) is 0 Å². The lowest BCUT2D eigenvalue weighted by atomic mass is 10.2. The normalized spacial score (nSPS) is 9.93. The number of para-hydroxylation sites is 1. The van der Waals surface area contributed by atoms with E-state index in [9.17, 15) is 5.11 Å². The highest BCUT2D eigenvalue weighted by atomic mass is 35.5. The molecule has 2 nitrogen and oxygen atoms in total. The number of aromatic hydroxyl groups is 1. The Morgan fingerprint density at radius 2 is 1.93 bits per heavy atom. The van der Waals surface area contributed by atoms with Crippen molar-refractivity contribution in [1.82, 2.24) is 5.32 Å². The number of benzene rings is 1. The summed E-state index contributed by atoms with van der Waals surface area (Å²) in [6.45, 7) is 6.05. The molecule has 0 aliphatic rings. The van der Waals surface area contributed by atoms with Crippen molar-refractivity contribution in [3.05, 3.63) is 29.8 Å². The van der Waals surface area contributed by atoms with Crippen molar-refractivity contribution in [2.45, 2.75) is 20.4 Å². The van der Waals surface area contributed by atoms with Crippen LogP contribution in [0.25, 0.3) is 0 Å². The van der Waals surface area contributed by atoms with Gasteiger partial charge in [0.2, 0.25) is 0 Å². The van der Waals surface area contributed by atoms with E-state index in [-0.39, 0.29) is 12.4 Å². The van der Waals surface area contributed by atoms with Crippen LogP contribution >= 0.6 is 12.4 Å². The predicted molar refractivity (Wildman–Crippen MR) is 61.9 cm³/mol. The van der Waals surface area contributed by atoms with Gasteiger partial charge in [-0.05, 0) is 18.5 Å². The maximum atomic E-state index is 9.44. The minimum atomic E-state index is 0. The molecule has 0 bridgehead atoms. The molecule has 0 saturated carbocycles. The van der Waals surface area contributed by atoms with Crippen molar-refractivity contribution in [2.75, 3.05) is 6.54 Å². The smallest absolute Gasteiger partial charge is 0.120 e. The van der Waals surface area contributed by atoms with Crippen molar-refractivity contribution in [3.8, 4) is 5.75 Å². The van der Waals surface area contributed by atoms with Crippen LogP contribution in [-0.4, -0.2) is 11.7 Å². The van der Waals surface area contributed by atoms with E-state index < -0.39 is 0 Å². The van der Waals surface area contributed by atoms with Crippen molar-refractivity contribution in [3.63, 3.8) is 0 Å². The average Bonchev–Trinajstić information content (AvgIpc) is 2.08. The Kier molecular flexibility index (Phi) is 6.34. The fourth-order valence-corrected chi connectivity index (χ4v) is 1.16. The van der Waals surface area contributed by atoms with Crippen molar-refractivity contribution in [1.29, 1.82) is 0 Å². The molecule has 0 aromatic heterocycles. The Morgan fingerprint density at radius 1 is 1.29 bits per heavy atom. The zero-order valence-corrected chi connectivity index (χ0v) is 9.47. The van der Waals surface area contributed by atoms with Crippen LogP contribution in [-0.2, 0) is 6.54 Å². The molecule has 0 fully saturated rings. The van der Waals surface area contributed by atoms with Crippen LogP contribution in [0.3, 0.4) is 0 Å². The van der Waals surface area contributed by atoms with E-state index in [1.54, 1.807) is 6.07 Å². The van der Waals surface area contributed by atoms with Crippen LogP contribution in [0.2, 0.25) is 0 Å². The molecule has 3 heteroatoms. The average molecular weight is 216 g/mol. The van der Waals surface area contributed by atoms with Gasteiger partial charge in [0.25, 0.3) is 0 Å². The number of rotatable bonds is 4. The summed E-state index contributed by atoms with van der Waals surface area (Å²) in [6, 6.07) is 7.42. The van der Waals surface area contributed by atoms with Gasteiger partial charge in [0, 0.05) is 12.1 Å². The number of hydrogen-bond donors (Lipinski definition) is 2. The molecular weight excluding hydrogens is 198 g/mol. The fraction of sp³-hybridized carbons (Fsp3) is 0.455. The van der Waals surface area contributed by atoms with Crippen LogP contribution in [0.15, 0.2) is 24.3 Å². The summed E-state index contributed by atoms with van der Waals surface area (Å²) in [5, 5.41) is 12.7. The first-order chi connectivity index (χ1) is 6.20. The number of nitrogens with one attached hydrogen (secondary N) is 1. The largest absolute Gasteiger partial charge is 0.508 e. The molecule has 0 aliphatic carbocycles. The molecule has 0 atom stereocenters. The van der Waals surface area contributed by atoms with E-state index in [1.807, 2.05) is 18.2 Å². The van der Waals surface area contributed by atoms with Crippen LogP contribution in [0.4, 0.5) is 0 Å². The van der Waals surface area contributed by atoms with Gasteiger partial charge < -0.3 is 10.4 Å². The van der Waals surface area contributed by atoms with Crippen molar-refractivity contribution in [2.24, 2.45) is 5.92 Å². The lowest BCUT2D eigenvalue weighted by Gasteiger charge is -2.08. The Morgan fingerprint density at radius 3 is 2.50 bits per heavy atom. The summed E-state index contributed by atoms with van der Waals surface area (Å²) in [6.07, 6.45) is 0. The van der Waals surface area contributed by atoms with Gasteiger partial charge in [-0.25, -0.2) is 0 Å². The first-order valence-corrected chi connectivity index (χ1v) is 4.67. The predicted octanol–water partition coefficient (Wildman–Crippen LogP) is 2.56. The summed E-state index contributed by atoms with van der Waals surface area (Å²) < 4.78 is 0. The van der Waals surface area contributed by atoms with Crippen LogP contribution in [0.5, 0.6) is 5.75 Å². The molecule has 0 aliphatic heterocycles. The van der Waals surface area contributed by atoms with Crippen molar-refractivity contribution >= 4 is 12.4 Å². The van der Waals surface area contributed by atoms with Crippen LogP contribution in [0, 0.1) is 5.92 Å². The van der Waals surface area contributed by atoms with Crippen LogP contribution < -0.4 is 5.32 Å². The first kappa shape index (κ1) is 13.3. The molecule has 0 radical (unpaired) electrons. The zero-order valence-electron chi connectivity index (χ0n) is 8.66. The maximum Gasteiger partial charge on any atom is 0.120 e. The molecule has 1 rings (SSSR count). The molecule has 0 amide bonds. The molecule has 1 aromatic carbocycles. The quantitative estimate of drug-likeness (QED) is 0.809. The maximum absolute atomic E-state index is 9.44. The van der Waals surface area contributed by atoms with Crippen LogP contribution in [0.1, 0.15) is 19.4 Å². The zero-order chi connectivity index (χ0) is 9.68. The molecule has 1 aromatic rings. The Bertz CT molecular complexity index is 263. The number of halogens is 1. The van der Waals surface area contributed by atoms with Gasteiger partial charge >= 0.3 is 0 Å². The van der Waals surface area contributed by atoms with Gasteiger partial charge in [-0.3, -0.25) is 0 Å². The third-order valence-electron chi connectivity index (χ3n) is 1.86. The van der Waals surface area contributed by atoms with E-state index in [2.05, 4.69) is 19.2 Å². The second kappa shape index (κ2) is 6.68. The minimum absolute atomic E-state index is 0. The van der Waals surface area contributed by atoms with E-state index in [4.69, 9.17) is 0 Å². The molecule has 14 heavy (non-hydrogen) atoms. The summed E-state index contributed by atoms with van der Waals surface area (Å²) in [5.41, 5.74) is 0.961. The Balaban J connectivity index is 0.00000169. The molecule has 0 spiro atoms. The fourth-order valence-electron chi connectivity index (χ4n) is 1.16. The lowest BCUT2D eigenvalue weighted by molar-refractivity contribution is 0.461. The highest BCUT2D eigenvalue weighted by molar-refractivity contribution is 5.85. The van der Waals surface area contributed by atoms with Gasteiger partial charge in [-0.1, -0.05) is 32.0 Å². The number of hydrogen-bond acceptors (Lipinski definition) is 2. The van der Waals surface area contributed by atoms with Gasteiger partial charge in [-0.2, -0.15) is 0 Å². The Labute approximate surface area is 91.8 Å². The molecular formula is C11H18ClNO. The van der Waals surface area contributed by atoms with E-state index in [0.29, 0.717) is 11.7 Å². The van der Waals surface area contributed by atoms with Crippen molar-refractivity contribution < 1.29 is 5.11 Å². The highest BCUT2D eigenvalue weighted by Gasteiger charge is 1.98. The lowest BCUT2D eigenvalue weighted by Crippen LogP contribution is -2.18. The van der Waals surface area contributed by atoms with Gasteiger partial charge in [0.1, 0.15) is 5.75 Å². The SMILES string of the molecule is CC(C)CNCc1ccccc1O.Cl. The second-order valence-corrected chi connectivity index (χ2v) is 3.65. The third kappa shape index (κ3) is 4.49. The van der Waals surface area contributed by atoms with E-state index in [0.717, 1.165) is 18.7 Å². The van der Waals surface area contributed by atoms with E-state index in [1.165, 1.54) is 0 Å². The monoisotopic (exact) mass is 215 g/mol. The van der Waals surface area contributed by atoms with Gasteiger partial charge in [-0.15, -0.1) is 12.4 Å². The summed E-state index contributed by atoms with van der Waals surface area (Å²) in [7, 11) is 0. The standard InChI is InChI=1S/C11H17NO.ClH/c1-9(2)7-12-8-10-5-3-4-6-11(10)13;/h3-6,9,12-13H,7-8H2,1-2H3;1H. The van der Waals surface area contributed by atoms with Gasteiger partial charge in [0.15, 0.2) is 0 Å². The third-order valence-corrected chi connectivity index (χ3v) is 1.86. The Hall–Kier alpha value is -0.730. The number of phenols is 1.